The van der Waals surface area contributed by atoms with Crippen LogP contribution in [0.1, 0.15) is 5.56 Å². The third-order valence-electron chi connectivity index (χ3n) is 2.35. The van der Waals surface area contributed by atoms with Gasteiger partial charge < -0.3 is 20.3 Å². The van der Waals surface area contributed by atoms with Gasteiger partial charge in [-0.05, 0) is 5.56 Å². The van der Waals surface area contributed by atoms with Gasteiger partial charge in [0.05, 0.1) is 13.7 Å². The summed E-state index contributed by atoms with van der Waals surface area (Å²) in [6, 6.07) is 8.95. The number of esters is 1. The van der Waals surface area contributed by atoms with Crippen LogP contribution >= 0.6 is 0 Å². The molecule has 0 unspecified atom stereocenters. The lowest BCUT2D eigenvalue weighted by Crippen LogP contribution is -2.37. The van der Waals surface area contributed by atoms with Crippen LogP contribution in [0, 0.1) is 0 Å². The topological polar surface area (TPSA) is 118 Å². The summed E-state index contributed by atoms with van der Waals surface area (Å²) in [5.74, 6) is -2.00. The second-order valence-electron chi connectivity index (χ2n) is 3.78. The lowest BCUT2D eigenvalue weighted by molar-refractivity contribution is -0.139. The summed E-state index contributed by atoms with van der Waals surface area (Å²) in [4.78, 5) is 36.5. The summed E-state index contributed by atoms with van der Waals surface area (Å²) >= 11 is 0. The molecule has 0 saturated carbocycles. The number of carbonyl (C=O) groups excluding carboxylic acids is 3. The van der Waals surface area contributed by atoms with Crippen LogP contribution in [0.3, 0.4) is 0 Å². The Morgan fingerprint density at radius 1 is 1.24 bits per heavy atom. The molecule has 0 spiro atoms. The first-order valence-electron chi connectivity index (χ1n) is 5.86. The van der Waals surface area contributed by atoms with Crippen molar-refractivity contribution in [2.45, 2.75) is 6.61 Å². The summed E-state index contributed by atoms with van der Waals surface area (Å²) in [6.45, 7) is -0.513. The van der Waals surface area contributed by atoms with Crippen molar-refractivity contribution in [3.8, 4) is 0 Å². The highest BCUT2D eigenvalue weighted by molar-refractivity contribution is 6.62. The van der Waals surface area contributed by atoms with Gasteiger partial charge in [-0.25, -0.2) is 9.59 Å². The molecule has 21 heavy (non-hydrogen) atoms. The maximum atomic E-state index is 11.5. The molecule has 0 radical (unpaired) electrons. The van der Waals surface area contributed by atoms with Crippen molar-refractivity contribution in [3.05, 3.63) is 41.4 Å². The summed E-state index contributed by atoms with van der Waals surface area (Å²) < 4.78 is 9.10. The van der Waals surface area contributed by atoms with E-state index in [1.807, 2.05) is 6.07 Å². The lowest BCUT2D eigenvalue weighted by atomic mass is 10.2. The van der Waals surface area contributed by atoms with E-state index in [2.05, 4.69) is 14.8 Å². The average Bonchev–Trinajstić information content (AvgIpc) is 2.52. The minimum atomic E-state index is -1.10. The first-order valence-corrected chi connectivity index (χ1v) is 5.86. The Hall–Kier alpha value is -2.99. The zero-order valence-corrected chi connectivity index (χ0v) is 11.2. The maximum Gasteiger partial charge on any atom is 0.443 e. The molecule has 0 aliphatic carbocycles. The molecule has 1 amide bonds. The van der Waals surface area contributed by atoms with Gasteiger partial charge in [0.1, 0.15) is 6.61 Å². The molecule has 0 saturated heterocycles. The molecule has 8 heteroatoms. The van der Waals surface area contributed by atoms with E-state index in [9.17, 15) is 14.4 Å². The largest absolute Gasteiger partial charge is 0.460 e. The Labute approximate surface area is 120 Å². The Morgan fingerprint density at radius 2 is 1.90 bits per heavy atom. The van der Waals surface area contributed by atoms with Gasteiger partial charge in [-0.3, -0.25) is 4.79 Å². The van der Waals surface area contributed by atoms with Crippen molar-refractivity contribution in [3.63, 3.8) is 0 Å². The second kappa shape index (κ2) is 8.23. The summed E-state index contributed by atoms with van der Waals surface area (Å²) in [5.41, 5.74) is 8.52. The number of ketones is 1. The van der Waals surface area contributed by atoms with Crippen LogP contribution in [0.2, 0.25) is 0 Å². The van der Waals surface area contributed by atoms with Gasteiger partial charge >= 0.3 is 17.8 Å². The van der Waals surface area contributed by atoms with Crippen LogP contribution in [0.15, 0.2) is 30.3 Å². The fourth-order valence-corrected chi connectivity index (χ4v) is 1.32. The van der Waals surface area contributed by atoms with Crippen molar-refractivity contribution in [1.82, 2.24) is 5.32 Å². The zero-order valence-electron chi connectivity index (χ0n) is 11.2. The van der Waals surface area contributed by atoms with E-state index < -0.39 is 30.1 Å². The molecule has 0 fully saturated rings. The minimum absolute atomic E-state index is 0.0405. The molecule has 110 valence electrons. The molecular formula is C13H13N3O5. The SMILES string of the molecule is COC(=O)C(=[N+]=[N-])C(=O)CNC(=O)OCc1ccccc1. The van der Waals surface area contributed by atoms with E-state index >= 15 is 0 Å². The van der Waals surface area contributed by atoms with Crippen molar-refractivity contribution in [1.29, 1.82) is 0 Å². The maximum absolute atomic E-state index is 11.5. The molecule has 1 N–H and O–H groups in total. The van der Waals surface area contributed by atoms with Crippen molar-refractivity contribution >= 4 is 23.6 Å². The molecule has 0 aromatic heterocycles. The Morgan fingerprint density at radius 3 is 2.48 bits per heavy atom. The molecule has 0 aliphatic heterocycles. The number of methoxy groups -OCH3 is 1. The summed E-state index contributed by atoms with van der Waals surface area (Å²) in [5, 5.41) is 2.14. The summed E-state index contributed by atoms with van der Waals surface area (Å²) in [7, 11) is 1.03. The zero-order chi connectivity index (χ0) is 15.7. The van der Waals surface area contributed by atoms with E-state index in [0.717, 1.165) is 12.7 Å². The number of rotatable bonds is 6. The third-order valence-corrected chi connectivity index (χ3v) is 2.35. The fraction of sp³-hybridized carbons (Fsp3) is 0.231. The number of Topliss-reactive ketones (excluding diaryl/α,β-unsaturated/α-hetero) is 1. The van der Waals surface area contributed by atoms with Gasteiger partial charge in [0.25, 0.3) is 5.78 Å². The van der Waals surface area contributed by atoms with Gasteiger partial charge in [0.2, 0.25) is 0 Å². The lowest BCUT2D eigenvalue weighted by Gasteiger charge is -2.05. The second-order valence-corrected chi connectivity index (χ2v) is 3.78. The number of amides is 1. The van der Waals surface area contributed by atoms with Gasteiger partial charge in [-0.1, -0.05) is 30.3 Å². The van der Waals surface area contributed by atoms with Crippen LogP contribution in [-0.2, 0) is 25.7 Å². The number of nitrogens with zero attached hydrogens (tertiary/aromatic N) is 2. The standard InChI is InChI=1S/C13H13N3O5/c1-20-12(18)11(16-14)10(17)7-15-13(19)21-8-9-5-3-2-4-6-9/h2-6H,7-8H2,1H3,(H,15,19). The number of ether oxygens (including phenoxy) is 2. The third kappa shape index (κ3) is 5.25. The van der Waals surface area contributed by atoms with Crippen LogP contribution in [0.4, 0.5) is 4.79 Å². The molecule has 1 aromatic rings. The molecular weight excluding hydrogens is 278 g/mol. The molecule has 0 heterocycles. The van der Waals surface area contributed by atoms with Crippen molar-refractivity contribution < 1.29 is 28.6 Å². The van der Waals surface area contributed by atoms with Crippen LogP contribution < -0.4 is 5.32 Å². The van der Waals surface area contributed by atoms with Gasteiger partial charge in [-0.2, -0.15) is 4.79 Å². The van der Waals surface area contributed by atoms with Crippen LogP contribution in [-0.4, -0.2) is 42.0 Å². The quantitative estimate of drug-likeness (QED) is 0.266. The molecule has 1 aromatic carbocycles. The van der Waals surface area contributed by atoms with Crippen molar-refractivity contribution in [2.24, 2.45) is 0 Å². The van der Waals surface area contributed by atoms with Gasteiger partial charge in [0.15, 0.2) is 0 Å². The van der Waals surface area contributed by atoms with Gasteiger partial charge in [-0.15, -0.1) is 0 Å². The number of hydrogen-bond acceptors (Lipinski definition) is 5. The normalized spacial score (nSPS) is 9.19. The van der Waals surface area contributed by atoms with E-state index in [1.165, 1.54) is 0 Å². The number of benzene rings is 1. The molecule has 0 atom stereocenters. The predicted octanol–water partition coefficient (Wildman–Crippen LogP) is 0.326. The highest BCUT2D eigenvalue weighted by Gasteiger charge is 2.30. The minimum Gasteiger partial charge on any atom is -0.460 e. The van der Waals surface area contributed by atoms with E-state index in [0.29, 0.717) is 0 Å². The molecule has 8 nitrogen and oxygen atoms in total. The molecule has 0 bridgehead atoms. The number of carbonyl (C=O) groups is 3. The monoisotopic (exact) mass is 291 g/mol. The highest BCUT2D eigenvalue weighted by atomic mass is 16.5. The first kappa shape index (κ1) is 16.1. The average molecular weight is 291 g/mol. The Kier molecular flexibility index (Phi) is 6.30. The van der Waals surface area contributed by atoms with Crippen molar-refractivity contribution in [2.75, 3.05) is 13.7 Å². The van der Waals surface area contributed by atoms with E-state index in [1.54, 1.807) is 24.3 Å². The number of hydrogen-bond donors (Lipinski definition) is 1. The predicted molar refractivity (Wildman–Crippen MR) is 70.3 cm³/mol. The summed E-state index contributed by atoms with van der Waals surface area (Å²) in [6.07, 6.45) is -0.839. The Balaban J connectivity index is 2.41. The number of nitrogens with one attached hydrogen (secondary N) is 1. The van der Waals surface area contributed by atoms with E-state index in [-0.39, 0.29) is 6.61 Å². The first-order chi connectivity index (χ1) is 10.1. The smallest absolute Gasteiger partial charge is 0.443 e. The molecule has 1 rings (SSSR count). The fourth-order valence-electron chi connectivity index (χ4n) is 1.32. The Bertz CT molecular complexity index is 579. The van der Waals surface area contributed by atoms with Gasteiger partial charge in [0, 0.05) is 0 Å². The van der Waals surface area contributed by atoms with E-state index in [4.69, 9.17) is 10.3 Å². The van der Waals surface area contributed by atoms with Crippen LogP contribution in [0.5, 0.6) is 0 Å². The molecule has 0 aliphatic rings. The highest BCUT2D eigenvalue weighted by Crippen LogP contribution is 2.00. The van der Waals surface area contributed by atoms with Crippen LogP contribution in [0.25, 0.3) is 5.53 Å². The number of alkyl carbamates (subject to hydrolysis) is 1.